The average Bonchev–Trinajstić information content (AvgIpc) is 2.58. The van der Waals surface area contributed by atoms with Crippen LogP contribution in [0.5, 0.6) is 11.5 Å². The zero-order valence-corrected chi connectivity index (χ0v) is 16.1. The maximum atomic E-state index is 12.8. The third-order valence-corrected chi connectivity index (χ3v) is 4.92. The molecule has 2 aromatic rings. The van der Waals surface area contributed by atoms with Crippen LogP contribution in [-0.4, -0.2) is 17.6 Å². The van der Waals surface area contributed by atoms with Crippen molar-refractivity contribution < 1.29 is 14.3 Å². The first kappa shape index (κ1) is 18.3. The fourth-order valence-corrected chi connectivity index (χ4v) is 3.32. The van der Waals surface area contributed by atoms with Gasteiger partial charge in [0.15, 0.2) is 6.10 Å². The van der Waals surface area contributed by atoms with Gasteiger partial charge >= 0.3 is 0 Å². The third kappa shape index (κ3) is 3.85. The lowest BCUT2D eigenvalue weighted by atomic mass is 9.89. The lowest BCUT2D eigenvalue weighted by Gasteiger charge is -2.38. The third-order valence-electron chi connectivity index (χ3n) is 4.92. The van der Waals surface area contributed by atoms with E-state index in [1.54, 1.807) is 6.92 Å². The summed E-state index contributed by atoms with van der Waals surface area (Å²) in [7, 11) is 0. The largest absolute Gasteiger partial charge is 0.487 e. The molecule has 2 atom stereocenters. The Morgan fingerprint density at radius 1 is 1.19 bits per heavy atom. The van der Waals surface area contributed by atoms with Crippen LogP contribution in [0.25, 0.3) is 0 Å². The molecule has 4 heteroatoms. The highest BCUT2D eigenvalue weighted by molar-refractivity contribution is 5.81. The number of aryl methyl sites for hydroxylation is 1. The quantitative estimate of drug-likeness (QED) is 0.881. The number of amides is 1. The van der Waals surface area contributed by atoms with Crippen molar-refractivity contribution in [2.45, 2.75) is 58.8 Å². The zero-order valence-electron chi connectivity index (χ0n) is 16.1. The van der Waals surface area contributed by atoms with Crippen LogP contribution >= 0.6 is 0 Å². The molecule has 0 aliphatic carbocycles. The maximum Gasteiger partial charge on any atom is 0.261 e. The molecule has 1 aliphatic heterocycles. The predicted molar refractivity (Wildman–Crippen MR) is 103 cm³/mol. The van der Waals surface area contributed by atoms with Gasteiger partial charge in [0.25, 0.3) is 5.91 Å². The lowest BCUT2D eigenvalue weighted by Crippen LogP contribution is -2.44. The Labute approximate surface area is 155 Å². The molecule has 26 heavy (non-hydrogen) atoms. The number of para-hydroxylation sites is 1. The number of hydrogen-bond donors (Lipinski definition) is 1. The molecule has 0 spiro atoms. The standard InChI is InChI=1S/C22H27NO3/c1-14-9-8-12-19(15(14)2)25-16(3)21(24)23-18-13-22(4,5)26-20-11-7-6-10-17(18)20/h6-12,16,18H,13H2,1-5H3,(H,23,24). The summed E-state index contributed by atoms with van der Waals surface area (Å²) in [6.07, 6.45) is 0.139. The van der Waals surface area contributed by atoms with Crippen LogP contribution in [0.4, 0.5) is 0 Å². The van der Waals surface area contributed by atoms with Gasteiger partial charge in [0.05, 0.1) is 6.04 Å². The molecule has 138 valence electrons. The first-order valence-corrected chi connectivity index (χ1v) is 9.08. The topological polar surface area (TPSA) is 47.6 Å². The highest BCUT2D eigenvalue weighted by atomic mass is 16.5. The van der Waals surface area contributed by atoms with Crippen LogP contribution < -0.4 is 14.8 Å². The number of benzene rings is 2. The normalized spacial score (nSPS) is 19.0. The summed E-state index contributed by atoms with van der Waals surface area (Å²) in [6, 6.07) is 13.7. The number of carbonyl (C=O) groups excluding carboxylic acids is 1. The molecule has 2 aromatic carbocycles. The molecule has 3 rings (SSSR count). The highest BCUT2D eigenvalue weighted by Gasteiger charge is 2.35. The Hall–Kier alpha value is -2.49. The summed E-state index contributed by atoms with van der Waals surface area (Å²) in [6.45, 7) is 9.91. The summed E-state index contributed by atoms with van der Waals surface area (Å²) in [4.78, 5) is 12.8. The van der Waals surface area contributed by atoms with Crippen molar-refractivity contribution in [3.63, 3.8) is 0 Å². The van der Waals surface area contributed by atoms with Gasteiger partial charge in [0.2, 0.25) is 0 Å². The van der Waals surface area contributed by atoms with Gasteiger partial charge in [0, 0.05) is 12.0 Å². The first-order valence-electron chi connectivity index (χ1n) is 9.08. The fourth-order valence-electron chi connectivity index (χ4n) is 3.32. The molecular formula is C22H27NO3. The minimum Gasteiger partial charge on any atom is -0.487 e. The second-order valence-corrected chi connectivity index (χ2v) is 7.62. The molecule has 0 bridgehead atoms. The van der Waals surface area contributed by atoms with Crippen LogP contribution in [0.15, 0.2) is 42.5 Å². The van der Waals surface area contributed by atoms with Gasteiger partial charge in [-0.05, 0) is 57.9 Å². The molecule has 0 fully saturated rings. The van der Waals surface area contributed by atoms with E-state index >= 15 is 0 Å². The van der Waals surface area contributed by atoms with Crippen molar-refractivity contribution in [2.75, 3.05) is 0 Å². The SMILES string of the molecule is Cc1cccc(OC(C)C(=O)NC2CC(C)(C)Oc3ccccc32)c1C. The van der Waals surface area contributed by atoms with Gasteiger partial charge in [-0.3, -0.25) is 4.79 Å². The molecular weight excluding hydrogens is 326 g/mol. The maximum absolute atomic E-state index is 12.8. The molecule has 0 radical (unpaired) electrons. The van der Waals surface area contributed by atoms with E-state index in [0.717, 1.165) is 28.2 Å². The molecule has 0 saturated heterocycles. The van der Waals surface area contributed by atoms with Gasteiger partial charge in [-0.2, -0.15) is 0 Å². The first-order chi connectivity index (χ1) is 12.3. The van der Waals surface area contributed by atoms with Crippen molar-refractivity contribution in [1.82, 2.24) is 5.32 Å². The molecule has 2 unspecified atom stereocenters. The van der Waals surface area contributed by atoms with Gasteiger partial charge in [-0.25, -0.2) is 0 Å². The Morgan fingerprint density at radius 3 is 2.69 bits per heavy atom. The average molecular weight is 353 g/mol. The summed E-state index contributed by atoms with van der Waals surface area (Å²) in [5, 5.41) is 3.14. The highest BCUT2D eigenvalue weighted by Crippen LogP contribution is 2.39. The van der Waals surface area contributed by atoms with Crippen LogP contribution in [-0.2, 0) is 4.79 Å². The van der Waals surface area contributed by atoms with E-state index in [1.165, 1.54) is 0 Å². The monoisotopic (exact) mass is 353 g/mol. The Kier molecular flexibility index (Phi) is 4.94. The lowest BCUT2D eigenvalue weighted by molar-refractivity contribution is -0.128. The van der Waals surface area contributed by atoms with Gasteiger partial charge in [-0.1, -0.05) is 30.3 Å². The number of nitrogens with one attached hydrogen (secondary N) is 1. The summed E-state index contributed by atoms with van der Waals surface area (Å²) < 4.78 is 12.0. The molecule has 4 nitrogen and oxygen atoms in total. The predicted octanol–water partition coefficient (Wildman–Crippen LogP) is 4.49. The fraction of sp³-hybridized carbons (Fsp3) is 0.409. The molecule has 1 amide bonds. The molecule has 1 heterocycles. The smallest absolute Gasteiger partial charge is 0.261 e. The molecule has 1 aliphatic rings. The summed E-state index contributed by atoms with van der Waals surface area (Å²) in [5.41, 5.74) is 2.89. The number of carbonyl (C=O) groups is 1. The van der Waals surface area contributed by atoms with Crippen molar-refractivity contribution >= 4 is 5.91 Å². The van der Waals surface area contributed by atoms with Gasteiger partial charge in [0.1, 0.15) is 17.1 Å². The van der Waals surface area contributed by atoms with Crippen molar-refractivity contribution in [3.8, 4) is 11.5 Å². The molecule has 0 saturated carbocycles. The summed E-state index contributed by atoms with van der Waals surface area (Å²) >= 11 is 0. The molecule has 0 aromatic heterocycles. The van der Waals surface area contributed by atoms with Crippen LogP contribution in [0.3, 0.4) is 0 Å². The Bertz CT molecular complexity index is 813. The number of rotatable bonds is 4. The second-order valence-electron chi connectivity index (χ2n) is 7.62. The molecule has 1 N–H and O–H groups in total. The minimum absolute atomic E-state index is 0.0906. The second kappa shape index (κ2) is 7.02. The number of fused-ring (bicyclic) bond motifs is 1. The van der Waals surface area contributed by atoms with E-state index in [0.29, 0.717) is 6.42 Å². The van der Waals surface area contributed by atoms with Gasteiger partial charge < -0.3 is 14.8 Å². The Balaban J connectivity index is 1.74. The van der Waals surface area contributed by atoms with Crippen molar-refractivity contribution in [1.29, 1.82) is 0 Å². The van der Waals surface area contributed by atoms with E-state index < -0.39 is 6.10 Å². The number of ether oxygens (including phenoxy) is 2. The number of hydrogen-bond acceptors (Lipinski definition) is 3. The minimum atomic E-state index is -0.575. The van der Waals surface area contributed by atoms with Gasteiger partial charge in [-0.15, -0.1) is 0 Å². The van der Waals surface area contributed by atoms with E-state index in [1.807, 2.05) is 70.2 Å². The van der Waals surface area contributed by atoms with Crippen molar-refractivity contribution in [3.05, 3.63) is 59.2 Å². The summed E-state index contributed by atoms with van der Waals surface area (Å²) in [5.74, 6) is 1.46. The van der Waals surface area contributed by atoms with E-state index in [-0.39, 0.29) is 17.6 Å². The van der Waals surface area contributed by atoms with Crippen LogP contribution in [0.2, 0.25) is 0 Å². The van der Waals surface area contributed by atoms with E-state index in [9.17, 15) is 4.79 Å². The van der Waals surface area contributed by atoms with Crippen LogP contribution in [0, 0.1) is 13.8 Å². The van der Waals surface area contributed by atoms with E-state index in [2.05, 4.69) is 5.32 Å². The van der Waals surface area contributed by atoms with Crippen LogP contribution in [0.1, 0.15) is 49.9 Å². The Morgan fingerprint density at radius 2 is 1.92 bits per heavy atom. The zero-order chi connectivity index (χ0) is 18.9. The van der Waals surface area contributed by atoms with E-state index in [4.69, 9.17) is 9.47 Å². The van der Waals surface area contributed by atoms with Crippen molar-refractivity contribution in [2.24, 2.45) is 0 Å².